The second-order valence-electron chi connectivity index (χ2n) is 4.18. The summed E-state index contributed by atoms with van der Waals surface area (Å²) in [4.78, 5) is 23.0. The van der Waals surface area contributed by atoms with Crippen LogP contribution in [0, 0.1) is 5.82 Å². The van der Waals surface area contributed by atoms with Crippen molar-refractivity contribution < 1.29 is 14.0 Å². The molecule has 18 heavy (non-hydrogen) atoms. The number of hydrogen-bond donors (Lipinski definition) is 2. The standard InChI is InChI=1S/C12H12BrFN2O2/c13-7-4-5-9(14)10(6-7)16-12(18)11(17)15-8-2-1-3-8/h4-6,8H,1-3H2,(H,15,17)(H,16,18). The molecular formula is C12H12BrFN2O2. The lowest BCUT2D eigenvalue weighted by Crippen LogP contribution is -2.44. The van der Waals surface area contributed by atoms with Gasteiger partial charge in [-0.3, -0.25) is 9.59 Å². The number of halogens is 2. The van der Waals surface area contributed by atoms with Crippen molar-refractivity contribution in [2.24, 2.45) is 0 Å². The third-order valence-corrected chi connectivity index (χ3v) is 3.32. The van der Waals surface area contributed by atoms with Crippen LogP contribution in [0.1, 0.15) is 19.3 Å². The van der Waals surface area contributed by atoms with Crippen molar-refractivity contribution in [1.82, 2.24) is 5.32 Å². The first-order valence-corrected chi connectivity index (χ1v) is 6.42. The van der Waals surface area contributed by atoms with Gasteiger partial charge in [0.05, 0.1) is 5.69 Å². The Morgan fingerprint density at radius 2 is 2.00 bits per heavy atom. The fraction of sp³-hybridized carbons (Fsp3) is 0.333. The molecule has 0 saturated heterocycles. The van der Waals surface area contributed by atoms with Crippen LogP contribution in [-0.4, -0.2) is 17.9 Å². The van der Waals surface area contributed by atoms with E-state index in [-0.39, 0.29) is 11.7 Å². The lowest BCUT2D eigenvalue weighted by Gasteiger charge is -2.25. The van der Waals surface area contributed by atoms with Crippen LogP contribution in [0.5, 0.6) is 0 Å². The largest absolute Gasteiger partial charge is 0.345 e. The van der Waals surface area contributed by atoms with E-state index >= 15 is 0 Å². The topological polar surface area (TPSA) is 58.2 Å². The quantitative estimate of drug-likeness (QED) is 0.822. The van der Waals surface area contributed by atoms with Crippen molar-refractivity contribution in [1.29, 1.82) is 0 Å². The van der Waals surface area contributed by atoms with Crippen LogP contribution >= 0.6 is 15.9 Å². The molecule has 6 heteroatoms. The number of rotatable bonds is 2. The molecule has 1 saturated carbocycles. The van der Waals surface area contributed by atoms with Crippen LogP contribution in [0.15, 0.2) is 22.7 Å². The molecule has 2 rings (SSSR count). The van der Waals surface area contributed by atoms with Gasteiger partial charge in [-0.05, 0) is 37.5 Å². The Balaban J connectivity index is 1.97. The first kappa shape index (κ1) is 13.0. The molecule has 0 bridgehead atoms. The summed E-state index contributed by atoms with van der Waals surface area (Å²) in [5, 5.41) is 4.83. The number of anilines is 1. The van der Waals surface area contributed by atoms with Crippen LogP contribution in [0.4, 0.5) is 10.1 Å². The zero-order valence-corrected chi connectivity index (χ0v) is 11.1. The van der Waals surface area contributed by atoms with Gasteiger partial charge in [0, 0.05) is 10.5 Å². The Hall–Kier alpha value is -1.43. The van der Waals surface area contributed by atoms with E-state index in [1.54, 1.807) is 0 Å². The van der Waals surface area contributed by atoms with Gasteiger partial charge in [0.2, 0.25) is 0 Å². The van der Waals surface area contributed by atoms with E-state index in [2.05, 4.69) is 26.6 Å². The molecule has 2 N–H and O–H groups in total. The maximum atomic E-state index is 13.4. The molecule has 0 atom stereocenters. The molecule has 1 fully saturated rings. The van der Waals surface area contributed by atoms with Gasteiger partial charge in [0.1, 0.15) is 5.82 Å². The number of carbonyl (C=O) groups excluding carboxylic acids is 2. The van der Waals surface area contributed by atoms with Gasteiger partial charge in [0.15, 0.2) is 0 Å². The van der Waals surface area contributed by atoms with Crippen molar-refractivity contribution in [3.8, 4) is 0 Å². The van der Waals surface area contributed by atoms with Crippen molar-refractivity contribution >= 4 is 33.4 Å². The highest BCUT2D eigenvalue weighted by atomic mass is 79.9. The number of carbonyl (C=O) groups is 2. The van der Waals surface area contributed by atoms with Crippen molar-refractivity contribution in [2.75, 3.05) is 5.32 Å². The summed E-state index contributed by atoms with van der Waals surface area (Å²) in [5.41, 5.74) is -0.0156. The number of nitrogens with one attached hydrogen (secondary N) is 2. The maximum absolute atomic E-state index is 13.4. The zero-order chi connectivity index (χ0) is 13.1. The summed E-state index contributed by atoms with van der Waals surface area (Å²) in [7, 11) is 0. The monoisotopic (exact) mass is 314 g/mol. The van der Waals surface area contributed by atoms with Gasteiger partial charge in [-0.1, -0.05) is 15.9 Å². The molecular weight excluding hydrogens is 303 g/mol. The second-order valence-corrected chi connectivity index (χ2v) is 5.10. The summed E-state index contributed by atoms with van der Waals surface area (Å²) in [6.45, 7) is 0. The average Bonchev–Trinajstić information content (AvgIpc) is 2.28. The minimum Gasteiger partial charge on any atom is -0.345 e. The predicted molar refractivity (Wildman–Crippen MR) is 68.5 cm³/mol. The lowest BCUT2D eigenvalue weighted by molar-refractivity contribution is -0.137. The van der Waals surface area contributed by atoms with E-state index < -0.39 is 17.6 Å². The Morgan fingerprint density at radius 3 is 2.61 bits per heavy atom. The summed E-state index contributed by atoms with van der Waals surface area (Å²) in [5.74, 6) is -2.15. The van der Waals surface area contributed by atoms with Crippen molar-refractivity contribution in [2.45, 2.75) is 25.3 Å². The van der Waals surface area contributed by atoms with Gasteiger partial charge in [-0.25, -0.2) is 4.39 Å². The normalized spacial score (nSPS) is 14.8. The van der Waals surface area contributed by atoms with Gasteiger partial charge in [0.25, 0.3) is 0 Å². The third-order valence-electron chi connectivity index (χ3n) is 2.82. The maximum Gasteiger partial charge on any atom is 0.313 e. The summed E-state index contributed by atoms with van der Waals surface area (Å²) in [6.07, 6.45) is 2.85. The summed E-state index contributed by atoms with van der Waals surface area (Å²) < 4.78 is 14.0. The molecule has 4 nitrogen and oxygen atoms in total. The number of amides is 2. The zero-order valence-electron chi connectivity index (χ0n) is 9.50. The van der Waals surface area contributed by atoms with Gasteiger partial charge in [-0.15, -0.1) is 0 Å². The molecule has 1 aliphatic rings. The molecule has 0 aliphatic heterocycles. The minimum absolute atomic E-state index is 0.0156. The second kappa shape index (κ2) is 5.48. The number of benzene rings is 1. The van der Waals surface area contributed by atoms with Crippen LogP contribution in [-0.2, 0) is 9.59 Å². The molecule has 0 aromatic heterocycles. The highest BCUT2D eigenvalue weighted by Crippen LogP contribution is 2.20. The average molecular weight is 315 g/mol. The molecule has 0 spiro atoms. The van der Waals surface area contributed by atoms with E-state index in [1.807, 2.05) is 0 Å². The highest BCUT2D eigenvalue weighted by molar-refractivity contribution is 9.10. The molecule has 0 heterocycles. The fourth-order valence-corrected chi connectivity index (χ4v) is 1.94. The first-order valence-electron chi connectivity index (χ1n) is 5.63. The van der Waals surface area contributed by atoms with E-state index in [9.17, 15) is 14.0 Å². The van der Waals surface area contributed by atoms with E-state index in [1.165, 1.54) is 18.2 Å². The lowest BCUT2D eigenvalue weighted by atomic mass is 9.93. The summed E-state index contributed by atoms with van der Waals surface area (Å²) in [6, 6.07) is 4.21. The van der Waals surface area contributed by atoms with Crippen LogP contribution in [0.3, 0.4) is 0 Å². The van der Waals surface area contributed by atoms with Crippen LogP contribution in [0.25, 0.3) is 0 Å². The Labute approximate surface area is 112 Å². The molecule has 1 aliphatic carbocycles. The van der Waals surface area contributed by atoms with Crippen LogP contribution < -0.4 is 10.6 Å². The fourth-order valence-electron chi connectivity index (χ4n) is 1.58. The SMILES string of the molecule is O=C(Nc1cc(Br)ccc1F)C(=O)NC1CCC1. The Bertz CT molecular complexity index is 489. The van der Waals surface area contributed by atoms with Gasteiger partial charge in [-0.2, -0.15) is 0 Å². The van der Waals surface area contributed by atoms with E-state index in [4.69, 9.17) is 0 Å². The van der Waals surface area contributed by atoms with Crippen molar-refractivity contribution in [3.63, 3.8) is 0 Å². The molecule has 1 aromatic rings. The smallest absolute Gasteiger partial charge is 0.313 e. The van der Waals surface area contributed by atoms with E-state index in [0.717, 1.165) is 19.3 Å². The third kappa shape index (κ3) is 3.07. The Morgan fingerprint density at radius 1 is 1.28 bits per heavy atom. The van der Waals surface area contributed by atoms with Crippen LogP contribution in [0.2, 0.25) is 0 Å². The summed E-state index contributed by atoms with van der Waals surface area (Å²) >= 11 is 3.17. The first-order chi connectivity index (χ1) is 8.56. The predicted octanol–water partition coefficient (Wildman–Crippen LogP) is 2.20. The van der Waals surface area contributed by atoms with Crippen molar-refractivity contribution in [3.05, 3.63) is 28.5 Å². The molecule has 96 valence electrons. The van der Waals surface area contributed by atoms with Gasteiger partial charge >= 0.3 is 11.8 Å². The molecule has 0 radical (unpaired) electrons. The number of hydrogen-bond acceptors (Lipinski definition) is 2. The molecule has 1 aromatic carbocycles. The van der Waals surface area contributed by atoms with Gasteiger partial charge < -0.3 is 10.6 Å². The highest BCUT2D eigenvalue weighted by Gasteiger charge is 2.23. The van der Waals surface area contributed by atoms with E-state index in [0.29, 0.717) is 4.47 Å². The molecule has 0 unspecified atom stereocenters. The minimum atomic E-state index is -0.848. The Kier molecular flexibility index (Phi) is 3.96. The molecule has 2 amide bonds.